The molecule has 0 unspecified atom stereocenters. The van der Waals surface area contributed by atoms with Gasteiger partial charge in [-0.2, -0.15) is 0 Å². The molecule has 5 nitrogen and oxygen atoms in total. The second-order valence-electron chi connectivity index (χ2n) is 5.54. The molecule has 2 aromatic rings. The minimum absolute atomic E-state index is 0.394. The summed E-state index contributed by atoms with van der Waals surface area (Å²) >= 11 is 1.60. The maximum absolute atomic E-state index is 5.87. The Hall–Kier alpha value is -1.79. The van der Waals surface area contributed by atoms with Gasteiger partial charge in [0, 0.05) is 11.9 Å². The Morgan fingerprint density at radius 1 is 1.17 bits per heavy atom. The maximum Gasteiger partial charge on any atom is 0.203 e. The average molecular weight is 336 g/mol. The quantitative estimate of drug-likeness (QED) is 0.760. The van der Waals surface area contributed by atoms with Crippen LogP contribution in [0.3, 0.4) is 0 Å². The maximum atomic E-state index is 5.87. The molecule has 0 aliphatic heterocycles. The van der Waals surface area contributed by atoms with Crippen molar-refractivity contribution in [3.63, 3.8) is 0 Å². The van der Waals surface area contributed by atoms with Crippen molar-refractivity contribution in [1.29, 1.82) is 0 Å². The molecule has 0 radical (unpaired) electrons. The van der Waals surface area contributed by atoms with Crippen LogP contribution in [0, 0.1) is 5.92 Å². The fraction of sp³-hybridized carbons (Fsp3) is 0.471. The van der Waals surface area contributed by atoms with Crippen LogP contribution in [0.4, 0.5) is 0 Å². The van der Waals surface area contributed by atoms with E-state index in [1.54, 1.807) is 25.6 Å². The first kappa shape index (κ1) is 17.6. The van der Waals surface area contributed by atoms with Gasteiger partial charge in [-0.05, 0) is 24.6 Å². The van der Waals surface area contributed by atoms with Crippen LogP contribution in [0.5, 0.6) is 17.2 Å². The Balaban J connectivity index is 1.95. The largest absolute Gasteiger partial charge is 0.493 e. The van der Waals surface area contributed by atoms with E-state index in [2.05, 4.69) is 29.5 Å². The summed E-state index contributed by atoms with van der Waals surface area (Å²) in [6.07, 6.45) is 0. The summed E-state index contributed by atoms with van der Waals surface area (Å²) in [5, 5.41) is 6.38. The summed E-state index contributed by atoms with van der Waals surface area (Å²) in [4.78, 5) is 4.58. The zero-order chi connectivity index (χ0) is 16.7. The molecule has 0 bridgehead atoms. The summed E-state index contributed by atoms with van der Waals surface area (Å²) in [5.41, 5.74) is 1.04. The van der Waals surface area contributed by atoms with E-state index in [1.165, 1.54) is 0 Å². The van der Waals surface area contributed by atoms with Gasteiger partial charge in [0.05, 0.1) is 19.9 Å². The molecule has 0 saturated heterocycles. The van der Waals surface area contributed by atoms with Crippen molar-refractivity contribution in [3.8, 4) is 17.2 Å². The van der Waals surface area contributed by atoms with Gasteiger partial charge < -0.3 is 19.5 Å². The number of methoxy groups -OCH3 is 2. The van der Waals surface area contributed by atoms with E-state index in [1.807, 2.05) is 18.2 Å². The summed E-state index contributed by atoms with van der Waals surface area (Å²) < 4.78 is 16.5. The van der Waals surface area contributed by atoms with Crippen molar-refractivity contribution in [2.24, 2.45) is 5.92 Å². The molecule has 0 atom stereocenters. The molecular weight excluding hydrogens is 312 g/mol. The van der Waals surface area contributed by atoms with Crippen LogP contribution in [-0.2, 0) is 13.2 Å². The number of aromatic nitrogens is 1. The summed E-state index contributed by atoms with van der Waals surface area (Å²) in [6, 6.07) is 5.56. The van der Waals surface area contributed by atoms with E-state index in [4.69, 9.17) is 14.2 Å². The lowest BCUT2D eigenvalue weighted by molar-refractivity contribution is 0.265. The number of ether oxygens (including phenoxy) is 3. The standard InChI is InChI=1S/C17H24N2O3S/c1-12(2)8-18-9-13-11-23-16(19-13)10-22-17-14(20-3)6-5-7-15(17)21-4/h5-7,11-12,18H,8-10H2,1-4H3. The number of nitrogens with one attached hydrogen (secondary N) is 1. The summed E-state index contributed by atoms with van der Waals surface area (Å²) in [5.74, 6) is 2.54. The van der Waals surface area contributed by atoms with Crippen molar-refractivity contribution in [2.45, 2.75) is 27.0 Å². The van der Waals surface area contributed by atoms with Gasteiger partial charge in [0.1, 0.15) is 11.6 Å². The fourth-order valence-electron chi connectivity index (χ4n) is 2.08. The van der Waals surface area contributed by atoms with E-state index in [0.29, 0.717) is 29.8 Å². The zero-order valence-electron chi connectivity index (χ0n) is 14.1. The molecule has 2 rings (SSSR count). The Kier molecular flexibility index (Phi) is 6.67. The molecule has 0 saturated carbocycles. The molecule has 6 heteroatoms. The second-order valence-corrected chi connectivity index (χ2v) is 6.48. The second kappa shape index (κ2) is 8.74. The van der Waals surface area contributed by atoms with Gasteiger partial charge in [0.25, 0.3) is 0 Å². The third kappa shape index (κ3) is 5.11. The molecule has 1 heterocycles. The summed E-state index contributed by atoms with van der Waals surface area (Å²) in [6.45, 7) is 6.54. The van der Waals surface area contributed by atoms with Crippen LogP contribution in [-0.4, -0.2) is 25.7 Å². The molecule has 1 N–H and O–H groups in total. The molecule has 0 fully saturated rings. The third-order valence-corrected chi connectivity index (χ3v) is 4.05. The van der Waals surface area contributed by atoms with Gasteiger partial charge in [-0.3, -0.25) is 0 Å². The Labute approximate surface area is 141 Å². The number of benzene rings is 1. The van der Waals surface area contributed by atoms with Crippen LogP contribution < -0.4 is 19.5 Å². The van der Waals surface area contributed by atoms with Gasteiger partial charge >= 0.3 is 0 Å². The number of para-hydroxylation sites is 1. The van der Waals surface area contributed by atoms with Crippen LogP contribution in [0.15, 0.2) is 23.6 Å². The van der Waals surface area contributed by atoms with Gasteiger partial charge in [0.15, 0.2) is 11.5 Å². The van der Waals surface area contributed by atoms with Gasteiger partial charge in [-0.15, -0.1) is 11.3 Å². The van der Waals surface area contributed by atoms with E-state index in [9.17, 15) is 0 Å². The minimum Gasteiger partial charge on any atom is -0.493 e. The van der Waals surface area contributed by atoms with E-state index in [-0.39, 0.29) is 0 Å². The monoisotopic (exact) mass is 336 g/mol. The van der Waals surface area contributed by atoms with E-state index in [0.717, 1.165) is 23.8 Å². The van der Waals surface area contributed by atoms with E-state index < -0.39 is 0 Å². The first-order valence-corrected chi connectivity index (χ1v) is 8.49. The van der Waals surface area contributed by atoms with Crippen LogP contribution >= 0.6 is 11.3 Å². The van der Waals surface area contributed by atoms with Crippen molar-refractivity contribution in [2.75, 3.05) is 20.8 Å². The lowest BCUT2D eigenvalue weighted by Crippen LogP contribution is -2.19. The highest BCUT2D eigenvalue weighted by Crippen LogP contribution is 2.37. The first-order chi connectivity index (χ1) is 11.1. The Bertz CT molecular complexity index is 591. The Morgan fingerprint density at radius 2 is 1.87 bits per heavy atom. The van der Waals surface area contributed by atoms with Gasteiger partial charge in [-0.1, -0.05) is 19.9 Å². The molecule has 1 aromatic heterocycles. The van der Waals surface area contributed by atoms with Gasteiger partial charge in [0.2, 0.25) is 5.75 Å². The molecule has 1 aromatic carbocycles. The zero-order valence-corrected chi connectivity index (χ0v) is 14.9. The van der Waals surface area contributed by atoms with Crippen LogP contribution in [0.25, 0.3) is 0 Å². The molecule has 0 spiro atoms. The first-order valence-electron chi connectivity index (χ1n) is 7.61. The van der Waals surface area contributed by atoms with Crippen molar-refractivity contribution < 1.29 is 14.2 Å². The molecular formula is C17H24N2O3S. The molecule has 0 aliphatic rings. The number of hydrogen-bond donors (Lipinski definition) is 1. The highest BCUT2D eigenvalue weighted by Gasteiger charge is 2.12. The minimum atomic E-state index is 0.394. The lowest BCUT2D eigenvalue weighted by atomic mass is 10.2. The lowest BCUT2D eigenvalue weighted by Gasteiger charge is -2.13. The summed E-state index contributed by atoms with van der Waals surface area (Å²) in [7, 11) is 3.23. The van der Waals surface area contributed by atoms with Crippen LogP contribution in [0.1, 0.15) is 24.5 Å². The topological polar surface area (TPSA) is 52.6 Å². The average Bonchev–Trinajstić information content (AvgIpc) is 3.00. The number of hydrogen-bond acceptors (Lipinski definition) is 6. The smallest absolute Gasteiger partial charge is 0.203 e. The number of thiazole rings is 1. The van der Waals surface area contributed by atoms with E-state index >= 15 is 0 Å². The van der Waals surface area contributed by atoms with Gasteiger partial charge in [-0.25, -0.2) is 4.98 Å². The normalized spacial score (nSPS) is 10.8. The SMILES string of the molecule is COc1cccc(OC)c1OCc1nc(CNCC(C)C)cs1. The molecule has 23 heavy (non-hydrogen) atoms. The fourth-order valence-corrected chi connectivity index (χ4v) is 2.78. The highest BCUT2D eigenvalue weighted by atomic mass is 32.1. The number of rotatable bonds is 9. The molecule has 126 valence electrons. The molecule has 0 aliphatic carbocycles. The van der Waals surface area contributed by atoms with Crippen molar-refractivity contribution in [1.82, 2.24) is 10.3 Å². The van der Waals surface area contributed by atoms with Crippen LogP contribution in [0.2, 0.25) is 0 Å². The predicted octanol–water partition coefficient (Wildman–Crippen LogP) is 3.48. The Morgan fingerprint density at radius 3 is 2.48 bits per heavy atom. The third-order valence-electron chi connectivity index (χ3n) is 3.18. The highest BCUT2D eigenvalue weighted by molar-refractivity contribution is 7.09. The molecule has 0 amide bonds. The van der Waals surface area contributed by atoms with Crippen molar-refractivity contribution in [3.05, 3.63) is 34.3 Å². The van der Waals surface area contributed by atoms with Crippen molar-refractivity contribution >= 4 is 11.3 Å². The number of nitrogens with zero attached hydrogens (tertiary/aromatic N) is 1. The predicted molar refractivity (Wildman–Crippen MR) is 92.5 cm³/mol.